The van der Waals surface area contributed by atoms with Crippen molar-refractivity contribution in [2.45, 2.75) is 11.8 Å². The van der Waals surface area contributed by atoms with E-state index in [4.69, 9.17) is 0 Å². The molecule has 0 spiro atoms. The van der Waals surface area contributed by atoms with Crippen LogP contribution in [-0.4, -0.2) is 22.9 Å². The second kappa shape index (κ2) is 12.6. The molecule has 202 valence electrons. The van der Waals surface area contributed by atoms with Gasteiger partial charge in [-0.15, -0.1) is 0 Å². The molecule has 0 saturated carbocycles. The molecule has 2 amide bonds. The number of carbonyl (C=O) groups excluding carboxylic acids is 2. The van der Waals surface area contributed by atoms with Crippen LogP contribution in [0, 0.1) is 0 Å². The molecule has 5 aromatic carbocycles. The molecule has 0 radical (unpaired) electrons. The Morgan fingerprint density at radius 2 is 0.732 bits per heavy atom. The lowest BCUT2D eigenvalue weighted by Crippen LogP contribution is -2.25. The monoisotopic (exact) mass is 540 g/mol. The molecule has 5 rings (SSSR count). The Labute approximate surface area is 238 Å². The van der Waals surface area contributed by atoms with Gasteiger partial charge in [-0.05, 0) is 34.4 Å². The van der Waals surface area contributed by atoms with Gasteiger partial charge in [0.25, 0.3) is 0 Å². The van der Waals surface area contributed by atoms with Crippen LogP contribution < -0.4 is 10.6 Å². The number of hydrogen-bond acceptors (Lipinski definition) is 3. The van der Waals surface area contributed by atoms with E-state index in [2.05, 4.69) is 10.6 Å². The highest BCUT2D eigenvalue weighted by Crippen LogP contribution is 2.32. The summed E-state index contributed by atoms with van der Waals surface area (Å²) in [7, 11) is 0. The quantitative estimate of drug-likeness (QED) is 0.189. The molecule has 41 heavy (non-hydrogen) atoms. The van der Waals surface area contributed by atoms with Crippen LogP contribution in [0.15, 0.2) is 140 Å². The lowest BCUT2D eigenvalue weighted by atomic mass is 9.90. The molecular formula is C35H28N2O4. The van der Waals surface area contributed by atoms with Crippen molar-refractivity contribution in [2.24, 2.45) is 0 Å². The number of benzene rings is 5. The predicted molar refractivity (Wildman–Crippen MR) is 160 cm³/mol. The van der Waals surface area contributed by atoms with Gasteiger partial charge in [-0.3, -0.25) is 9.59 Å². The minimum absolute atomic E-state index is 0.0909. The molecule has 0 aliphatic heterocycles. The third kappa shape index (κ3) is 6.23. The van der Waals surface area contributed by atoms with Crippen LogP contribution in [0.5, 0.6) is 0 Å². The van der Waals surface area contributed by atoms with Crippen LogP contribution in [0.3, 0.4) is 0 Å². The second-order valence-corrected chi connectivity index (χ2v) is 9.52. The smallest absolute Gasteiger partial charge is 0.339 e. The highest BCUT2D eigenvalue weighted by atomic mass is 16.4. The lowest BCUT2D eigenvalue weighted by molar-refractivity contribution is -0.117. The topological polar surface area (TPSA) is 95.5 Å². The molecule has 0 heterocycles. The van der Waals surface area contributed by atoms with E-state index in [1.807, 2.05) is 121 Å². The van der Waals surface area contributed by atoms with Crippen molar-refractivity contribution >= 4 is 29.2 Å². The van der Waals surface area contributed by atoms with Crippen LogP contribution in [0.25, 0.3) is 0 Å². The van der Waals surface area contributed by atoms with Gasteiger partial charge in [0, 0.05) is 0 Å². The molecule has 6 heteroatoms. The van der Waals surface area contributed by atoms with Crippen LogP contribution in [0.1, 0.15) is 44.4 Å². The minimum Gasteiger partial charge on any atom is -0.478 e. The first kappa shape index (κ1) is 27.1. The summed E-state index contributed by atoms with van der Waals surface area (Å²) in [5.74, 6) is -3.39. The van der Waals surface area contributed by atoms with Crippen LogP contribution in [0.2, 0.25) is 0 Å². The molecule has 0 aliphatic carbocycles. The van der Waals surface area contributed by atoms with Gasteiger partial charge in [0.05, 0.1) is 23.2 Å². The zero-order valence-corrected chi connectivity index (χ0v) is 22.1. The maximum Gasteiger partial charge on any atom is 0.339 e. The fourth-order valence-corrected chi connectivity index (χ4v) is 4.97. The third-order valence-corrected chi connectivity index (χ3v) is 6.85. The van der Waals surface area contributed by atoms with Crippen molar-refractivity contribution in [3.8, 4) is 0 Å². The molecule has 0 fully saturated rings. The number of carboxylic acids is 1. The number of rotatable bonds is 9. The molecule has 0 atom stereocenters. The van der Waals surface area contributed by atoms with E-state index in [-0.39, 0.29) is 28.8 Å². The predicted octanol–water partition coefficient (Wildman–Crippen LogP) is 6.93. The molecule has 0 aromatic heterocycles. The summed E-state index contributed by atoms with van der Waals surface area (Å²) in [5, 5.41) is 15.9. The summed E-state index contributed by atoms with van der Waals surface area (Å²) in [4.78, 5) is 39.9. The zero-order valence-electron chi connectivity index (χ0n) is 22.1. The molecule has 0 aliphatic rings. The molecular weight excluding hydrogens is 512 g/mol. The summed E-state index contributed by atoms with van der Waals surface area (Å²) >= 11 is 0. The number of carbonyl (C=O) groups is 3. The van der Waals surface area contributed by atoms with E-state index in [0.29, 0.717) is 0 Å². The zero-order chi connectivity index (χ0) is 28.6. The van der Waals surface area contributed by atoms with E-state index in [1.165, 1.54) is 12.1 Å². The number of amides is 2. The minimum atomic E-state index is -1.27. The number of carboxylic acid groups (broad SMARTS) is 1. The van der Waals surface area contributed by atoms with Crippen molar-refractivity contribution in [2.75, 3.05) is 10.6 Å². The van der Waals surface area contributed by atoms with Crippen molar-refractivity contribution in [3.05, 3.63) is 167 Å². The highest BCUT2D eigenvalue weighted by Gasteiger charge is 2.27. The van der Waals surface area contributed by atoms with E-state index in [1.54, 1.807) is 6.07 Å². The first-order valence-corrected chi connectivity index (χ1v) is 13.2. The Morgan fingerprint density at radius 1 is 0.439 bits per heavy atom. The largest absolute Gasteiger partial charge is 0.478 e. The number of nitrogens with one attached hydrogen (secondary N) is 2. The maximum absolute atomic E-state index is 13.7. The Bertz CT molecular complexity index is 1450. The Morgan fingerprint density at radius 3 is 1.00 bits per heavy atom. The van der Waals surface area contributed by atoms with Gasteiger partial charge in [-0.2, -0.15) is 0 Å². The SMILES string of the molecule is O=C(O)c1c(NC(=O)C(c2ccccc2)c2ccccc2)cccc1NC(=O)C(c1ccccc1)c1ccccc1. The van der Waals surface area contributed by atoms with Gasteiger partial charge in [0.15, 0.2) is 0 Å². The first-order valence-electron chi connectivity index (χ1n) is 13.2. The lowest BCUT2D eigenvalue weighted by Gasteiger charge is -2.21. The molecule has 6 nitrogen and oxygen atoms in total. The maximum atomic E-state index is 13.7. The van der Waals surface area contributed by atoms with Crippen molar-refractivity contribution < 1.29 is 19.5 Å². The summed E-state index contributed by atoms with van der Waals surface area (Å²) < 4.78 is 0. The Balaban J connectivity index is 1.48. The fraction of sp³-hybridized carbons (Fsp3) is 0.0571. The standard InChI is InChI=1S/C35H28N2O4/c38-33(30(24-14-5-1-6-15-24)25-16-7-2-8-17-25)36-28-22-13-23-29(32(28)35(40)41)37-34(39)31(26-18-9-3-10-19-26)27-20-11-4-12-21-27/h1-23,30-31H,(H,36,38)(H,37,39)(H,40,41). The van der Waals surface area contributed by atoms with Crippen molar-refractivity contribution in [1.82, 2.24) is 0 Å². The molecule has 5 aromatic rings. The van der Waals surface area contributed by atoms with E-state index >= 15 is 0 Å². The Kier molecular flexibility index (Phi) is 8.31. The highest BCUT2D eigenvalue weighted by molar-refractivity contribution is 6.10. The first-order chi connectivity index (χ1) is 20.0. The molecule has 0 saturated heterocycles. The van der Waals surface area contributed by atoms with Crippen LogP contribution in [-0.2, 0) is 9.59 Å². The average molecular weight is 541 g/mol. The van der Waals surface area contributed by atoms with Crippen molar-refractivity contribution in [3.63, 3.8) is 0 Å². The Hall–Kier alpha value is -5.49. The summed E-state index contributed by atoms with van der Waals surface area (Å²) in [6, 6.07) is 41.9. The van der Waals surface area contributed by atoms with Gasteiger partial charge in [-0.25, -0.2) is 4.79 Å². The van der Waals surface area contributed by atoms with Gasteiger partial charge in [0.2, 0.25) is 11.8 Å². The molecule has 0 unspecified atom stereocenters. The van der Waals surface area contributed by atoms with Crippen LogP contribution in [0.4, 0.5) is 11.4 Å². The summed E-state index contributed by atoms with van der Waals surface area (Å²) in [6.07, 6.45) is 0. The van der Waals surface area contributed by atoms with Gasteiger partial charge in [0.1, 0.15) is 5.56 Å². The summed E-state index contributed by atoms with van der Waals surface area (Å²) in [6.45, 7) is 0. The normalized spacial score (nSPS) is 10.8. The molecule has 3 N–H and O–H groups in total. The summed E-state index contributed by atoms with van der Waals surface area (Å²) in [5.41, 5.74) is 3.06. The molecule has 0 bridgehead atoms. The number of anilines is 2. The van der Waals surface area contributed by atoms with Crippen molar-refractivity contribution in [1.29, 1.82) is 0 Å². The van der Waals surface area contributed by atoms with E-state index in [9.17, 15) is 19.5 Å². The van der Waals surface area contributed by atoms with Gasteiger partial charge >= 0.3 is 5.97 Å². The second-order valence-electron chi connectivity index (χ2n) is 9.52. The van der Waals surface area contributed by atoms with E-state index in [0.717, 1.165) is 22.3 Å². The number of hydrogen-bond donors (Lipinski definition) is 3. The fourth-order valence-electron chi connectivity index (χ4n) is 4.97. The van der Waals surface area contributed by atoms with Gasteiger partial charge in [-0.1, -0.05) is 127 Å². The van der Waals surface area contributed by atoms with E-state index < -0.39 is 17.8 Å². The number of aromatic carboxylic acids is 1. The van der Waals surface area contributed by atoms with Crippen LogP contribution >= 0.6 is 0 Å². The average Bonchev–Trinajstić information content (AvgIpc) is 2.99. The van der Waals surface area contributed by atoms with Gasteiger partial charge < -0.3 is 15.7 Å². The third-order valence-electron chi connectivity index (χ3n) is 6.85.